The molecule has 1 aromatic carbocycles. The summed E-state index contributed by atoms with van der Waals surface area (Å²) in [5.74, 6) is 1.26. The second-order valence-corrected chi connectivity index (χ2v) is 5.93. The van der Waals surface area contributed by atoms with Crippen LogP contribution in [0.25, 0.3) is 0 Å². The number of hydrogen-bond acceptors (Lipinski definition) is 5. The van der Waals surface area contributed by atoms with Gasteiger partial charge in [-0.25, -0.2) is 4.98 Å². The van der Waals surface area contributed by atoms with E-state index >= 15 is 0 Å². The van der Waals surface area contributed by atoms with E-state index in [0.717, 1.165) is 17.9 Å². The normalized spacial score (nSPS) is 14.0. The van der Waals surface area contributed by atoms with Crippen LogP contribution in [0.5, 0.6) is 5.75 Å². The van der Waals surface area contributed by atoms with Crippen LogP contribution in [0.15, 0.2) is 34.9 Å². The summed E-state index contributed by atoms with van der Waals surface area (Å²) in [7, 11) is 1.69. The van der Waals surface area contributed by atoms with Crippen LogP contribution < -0.4 is 10.1 Å². The lowest BCUT2D eigenvalue weighted by atomic mass is 10.2. The first-order valence-corrected chi connectivity index (χ1v) is 8.29. The van der Waals surface area contributed by atoms with Gasteiger partial charge in [0, 0.05) is 24.7 Å². The minimum absolute atomic E-state index is 0.199. The maximum Gasteiger partial charge on any atom is 0.273 e. The molecule has 6 nitrogen and oxygen atoms in total. The van der Waals surface area contributed by atoms with Crippen molar-refractivity contribution in [3.8, 4) is 5.75 Å². The van der Waals surface area contributed by atoms with E-state index in [1.54, 1.807) is 7.11 Å². The Kier molecular flexibility index (Phi) is 5.15. The van der Waals surface area contributed by atoms with Crippen molar-refractivity contribution in [1.29, 1.82) is 0 Å². The Morgan fingerprint density at radius 1 is 1.38 bits per heavy atom. The highest BCUT2D eigenvalue weighted by Crippen LogP contribution is 2.31. The summed E-state index contributed by atoms with van der Waals surface area (Å²) in [6.07, 6.45) is 3.78. The third kappa shape index (κ3) is 3.94. The lowest BCUT2D eigenvalue weighted by Gasteiger charge is -2.21. The van der Waals surface area contributed by atoms with Gasteiger partial charge < -0.3 is 14.5 Å². The molecule has 6 heteroatoms. The summed E-state index contributed by atoms with van der Waals surface area (Å²) in [6.45, 7) is 3.81. The molecule has 1 saturated carbocycles. The molecule has 1 aliphatic carbocycles. The number of oxazole rings is 1. The maximum absolute atomic E-state index is 11.8. The summed E-state index contributed by atoms with van der Waals surface area (Å²) < 4.78 is 10.9. The molecule has 3 rings (SSSR count). The second-order valence-electron chi connectivity index (χ2n) is 5.93. The van der Waals surface area contributed by atoms with Crippen molar-refractivity contribution in [3.63, 3.8) is 0 Å². The van der Waals surface area contributed by atoms with Crippen molar-refractivity contribution in [2.75, 3.05) is 13.7 Å². The number of benzene rings is 1. The molecule has 1 amide bonds. The fourth-order valence-corrected chi connectivity index (χ4v) is 2.72. The van der Waals surface area contributed by atoms with Gasteiger partial charge in [0.15, 0.2) is 5.69 Å². The van der Waals surface area contributed by atoms with Crippen LogP contribution in [0, 0.1) is 0 Å². The van der Waals surface area contributed by atoms with Gasteiger partial charge in [-0.05, 0) is 25.8 Å². The summed E-state index contributed by atoms with van der Waals surface area (Å²) in [5, 5.41) is 2.73. The molecule has 0 atom stereocenters. The van der Waals surface area contributed by atoms with Crippen molar-refractivity contribution in [1.82, 2.24) is 15.2 Å². The summed E-state index contributed by atoms with van der Waals surface area (Å²) in [5.41, 5.74) is 1.47. The summed E-state index contributed by atoms with van der Waals surface area (Å²) in [4.78, 5) is 18.4. The Morgan fingerprint density at radius 2 is 2.17 bits per heavy atom. The number of nitrogens with zero attached hydrogens (tertiary/aromatic N) is 2. The molecular formula is C18H23N3O3. The van der Waals surface area contributed by atoms with Gasteiger partial charge in [0.2, 0.25) is 5.89 Å². The van der Waals surface area contributed by atoms with Crippen LogP contribution in [0.2, 0.25) is 0 Å². The molecule has 1 fully saturated rings. The Bertz CT molecular complexity index is 694. The molecule has 1 heterocycles. The van der Waals surface area contributed by atoms with Crippen molar-refractivity contribution >= 4 is 5.91 Å². The molecule has 1 aliphatic rings. The molecule has 2 aromatic rings. The van der Waals surface area contributed by atoms with E-state index in [2.05, 4.69) is 21.3 Å². The van der Waals surface area contributed by atoms with Gasteiger partial charge in [-0.2, -0.15) is 0 Å². The first kappa shape index (κ1) is 16.5. The average Bonchev–Trinajstić information content (AvgIpc) is 3.34. The third-order valence-corrected chi connectivity index (χ3v) is 4.09. The van der Waals surface area contributed by atoms with Gasteiger partial charge in [-0.3, -0.25) is 9.69 Å². The molecule has 0 aliphatic heterocycles. The first-order chi connectivity index (χ1) is 11.7. The number of carbonyl (C=O) groups excluding carboxylic acids is 1. The highest BCUT2D eigenvalue weighted by molar-refractivity contribution is 5.91. The number of para-hydroxylation sites is 1. The predicted octanol–water partition coefficient (Wildman–Crippen LogP) is 2.60. The van der Waals surface area contributed by atoms with Crippen LogP contribution in [-0.2, 0) is 13.1 Å². The average molecular weight is 329 g/mol. The van der Waals surface area contributed by atoms with Gasteiger partial charge >= 0.3 is 0 Å². The Hall–Kier alpha value is -2.34. The number of ether oxygens (including phenoxy) is 1. The maximum atomic E-state index is 11.8. The molecule has 0 saturated heterocycles. The van der Waals surface area contributed by atoms with Crippen LogP contribution in [0.3, 0.4) is 0 Å². The standard InChI is InChI=1S/C18H23N3O3/c1-3-19-18(22)15-12-24-17(20-15)11-21(14-8-9-14)10-13-6-4-5-7-16(13)23-2/h4-7,12,14H,3,8-11H2,1-2H3,(H,19,22). The van der Waals surface area contributed by atoms with Gasteiger partial charge in [0.1, 0.15) is 12.0 Å². The van der Waals surface area contributed by atoms with Crippen LogP contribution in [0.1, 0.15) is 41.7 Å². The van der Waals surface area contributed by atoms with Crippen molar-refractivity contribution < 1.29 is 13.9 Å². The molecule has 128 valence electrons. The monoisotopic (exact) mass is 329 g/mol. The Labute approximate surface area is 141 Å². The highest BCUT2D eigenvalue weighted by Gasteiger charge is 2.30. The largest absolute Gasteiger partial charge is 0.496 e. The Morgan fingerprint density at radius 3 is 2.88 bits per heavy atom. The third-order valence-electron chi connectivity index (χ3n) is 4.09. The smallest absolute Gasteiger partial charge is 0.273 e. The number of methoxy groups -OCH3 is 1. The zero-order valence-corrected chi connectivity index (χ0v) is 14.1. The predicted molar refractivity (Wildman–Crippen MR) is 89.8 cm³/mol. The summed E-state index contributed by atoms with van der Waals surface area (Å²) in [6, 6.07) is 8.56. The van der Waals surface area contributed by atoms with Crippen LogP contribution in [0.4, 0.5) is 0 Å². The van der Waals surface area contributed by atoms with Gasteiger partial charge in [0.05, 0.1) is 13.7 Å². The molecule has 0 spiro atoms. The fraction of sp³-hybridized carbons (Fsp3) is 0.444. The number of nitrogens with one attached hydrogen (secondary N) is 1. The number of rotatable bonds is 8. The lowest BCUT2D eigenvalue weighted by molar-refractivity contribution is 0.0950. The van der Waals surface area contributed by atoms with Crippen molar-refractivity contribution in [3.05, 3.63) is 47.7 Å². The molecule has 1 aromatic heterocycles. The van der Waals surface area contributed by atoms with E-state index < -0.39 is 0 Å². The quantitative estimate of drug-likeness (QED) is 0.806. The highest BCUT2D eigenvalue weighted by atomic mass is 16.5. The van der Waals surface area contributed by atoms with Crippen LogP contribution >= 0.6 is 0 Å². The van der Waals surface area contributed by atoms with E-state index in [0.29, 0.717) is 30.7 Å². The molecule has 24 heavy (non-hydrogen) atoms. The number of hydrogen-bond donors (Lipinski definition) is 1. The minimum Gasteiger partial charge on any atom is -0.496 e. The van der Waals surface area contributed by atoms with E-state index in [9.17, 15) is 4.79 Å². The van der Waals surface area contributed by atoms with Gasteiger partial charge in [0.25, 0.3) is 5.91 Å². The van der Waals surface area contributed by atoms with Crippen molar-refractivity contribution in [2.24, 2.45) is 0 Å². The van der Waals surface area contributed by atoms with E-state index in [4.69, 9.17) is 9.15 Å². The van der Waals surface area contributed by atoms with Crippen LogP contribution in [-0.4, -0.2) is 35.5 Å². The van der Waals surface area contributed by atoms with E-state index in [-0.39, 0.29) is 5.91 Å². The number of amides is 1. The minimum atomic E-state index is -0.199. The molecule has 0 radical (unpaired) electrons. The van der Waals surface area contributed by atoms with E-state index in [1.165, 1.54) is 19.1 Å². The first-order valence-electron chi connectivity index (χ1n) is 8.29. The molecule has 0 unspecified atom stereocenters. The summed E-state index contributed by atoms with van der Waals surface area (Å²) >= 11 is 0. The number of aromatic nitrogens is 1. The SMILES string of the molecule is CCNC(=O)c1coc(CN(Cc2ccccc2OC)C2CC2)n1. The topological polar surface area (TPSA) is 67.6 Å². The lowest BCUT2D eigenvalue weighted by Crippen LogP contribution is -2.26. The van der Waals surface area contributed by atoms with Crippen molar-refractivity contribution in [2.45, 2.75) is 38.9 Å². The zero-order valence-electron chi connectivity index (χ0n) is 14.1. The number of carbonyl (C=O) groups is 1. The van der Waals surface area contributed by atoms with Gasteiger partial charge in [-0.1, -0.05) is 18.2 Å². The Balaban J connectivity index is 1.70. The second kappa shape index (κ2) is 7.49. The zero-order chi connectivity index (χ0) is 16.9. The van der Waals surface area contributed by atoms with Gasteiger partial charge in [-0.15, -0.1) is 0 Å². The molecule has 0 bridgehead atoms. The molecule has 1 N–H and O–H groups in total. The van der Waals surface area contributed by atoms with E-state index in [1.807, 2.05) is 25.1 Å². The molecular weight excluding hydrogens is 306 g/mol. The fourth-order valence-electron chi connectivity index (χ4n) is 2.72.